The summed E-state index contributed by atoms with van der Waals surface area (Å²) < 4.78 is 26.5. The number of H-pyrrole nitrogens is 2. The predicted molar refractivity (Wildman–Crippen MR) is 65.9 cm³/mol. The summed E-state index contributed by atoms with van der Waals surface area (Å²) in [5.41, 5.74) is 0.894. The summed E-state index contributed by atoms with van der Waals surface area (Å²) in [7, 11) is -3.91. The van der Waals surface area contributed by atoms with Crippen LogP contribution < -0.4 is 10.2 Å². The number of rotatable bonds is 3. The molecule has 7 nitrogen and oxygen atoms in total. The second kappa shape index (κ2) is 4.30. The molecule has 0 saturated carbocycles. The number of pyridine rings is 1. The number of aryl methyl sites for hydroxylation is 2. The van der Waals surface area contributed by atoms with E-state index in [1.165, 1.54) is 6.20 Å². The molecule has 0 bridgehead atoms. The van der Waals surface area contributed by atoms with Gasteiger partial charge in [0.15, 0.2) is 4.90 Å². The fourth-order valence-electron chi connectivity index (χ4n) is 1.50. The first-order valence-corrected chi connectivity index (χ1v) is 6.61. The molecule has 0 spiro atoms. The van der Waals surface area contributed by atoms with Gasteiger partial charge in [-0.3, -0.25) is 14.6 Å². The first-order valence-electron chi connectivity index (χ1n) is 5.13. The molecule has 96 valence electrons. The van der Waals surface area contributed by atoms with Crippen LogP contribution in [0.15, 0.2) is 28.2 Å². The third kappa shape index (κ3) is 2.14. The number of anilines is 1. The fourth-order valence-corrected chi connectivity index (χ4v) is 2.74. The minimum atomic E-state index is -3.91. The zero-order valence-corrected chi connectivity index (χ0v) is 10.6. The van der Waals surface area contributed by atoms with Crippen LogP contribution in [0.5, 0.6) is 0 Å². The summed E-state index contributed by atoms with van der Waals surface area (Å²) in [5, 5.41) is 6.54. The number of hydrogen-bond donors (Lipinski definition) is 3. The minimum Gasteiger partial charge on any atom is -0.366 e. The van der Waals surface area contributed by atoms with Crippen molar-refractivity contribution in [3.63, 3.8) is 0 Å². The van der Waals surface area contributed by atoms with Gasteiger partial charge in [0, 0.05) is 18.5 Å². The lowest BCUT2D eigenvalue weighted by Gasteiger charge is -2.06. The van der Waals surface area contributed by atoms with Crippen LogP contribution in [0, 0.1) is 13.8 Å². The average Bonchev–Trinajstić information content (AvgIpc) is 2.61. The molecule has 2 heterocycles. The van der Waals surface area contributed by atoms with Crippen LogP contribution in [0.2, 0.25) is 0 Å². The molecule has 2 aromatic heterocycles. The Bertz CT molecular complexity index is 710. The number of aromatic nitrogens is 3. The van der Waals surface area contributed by atoms with Gasteiger partial charge in [-0.05, 0) is 13.8 Å². The molecule has 0 aromatic carbocycles. The lowest BCUT2D eigenvalue weighted by Crippen LogP contribution is -2.21. The van der Waals surface area contributed by atoms with Gasteiger partial charge in [0.25, 0.3) is 10.0 Å². The molecule has 0 unspecified atom stereocenters. The Labute approximate surface area is 103 Å². The number of sulfonamides is 1. The maximum Gasteiger partial charge on any atom is 0.267 e. The molecule has 0 atom stereocenters. The molecule has 0 amide bonds. The summed E-state index contributed by atoms with van der Waals surface area (Å²) in [6.07, 6.45) is 2.52. The number of nitrogens with one attached hydrogen (secondary N) is 3. The second-order valence-electron chi connectivity index (χ2n) is 3.79. The van der Waals surface area contributed by atoms with E-state index >= 15 is 0 Å². The average molecular weight is 268 g/mol. The highest BCUT2D eigenvalue weighted by Gasteiger charge is 2.20. The molecule has 0 aliphatic heterocycles. The van der Waals surface area contributed by atoms with Gasteiger partial charge in [-0.1, -0.05) is 0 Å². The highest BCUT2D eigenvalue weighted by molar-refractivity contribution is 7.92. The molecule has 0 saturated heterocycles. The first-order chi connectivity index (χ1) is 8.42. The topological polar surface area (TPSA) is 108 Å². The number of aromatic amines is 2. The van der Waals surface area contributed by atoms with Crippen molar-refractivity contribution in [3.8, 4) is 0 Å². The quantitative estimate of drug-likeness (QED) is 0.754. The third-order valence-corrected chi connectivity index (χ3v) is 3.81. The van der Waals surface area contributed by atoms with Crippen molar-refractivity contribution in [1.29, 1.82) is 0 Å². The van der Waals surface area contributed by atoms with Crippen molar-refractivity contribution >= 4 is 15.7 Å². The van der Waals surface area contributed by atoms with Crippen LogP contribution >= 0.6 is 0 Å². The molecular weight excluding hydrogens is 256 g/mol. The fraction of sp³-hybridized carbons (Fsp3) is 0.200. The molecule has 8 heteroatoms. The maximum atomic E-state index is 12.1. The zero-order chi connectivity index (χ0) is 13.3. The van der Waals surface area contributed by atoms with Crippen LogP contribution in [-0.4, -0.2) is 23.6 Å². The molecule has 0 fully saturated rings. The molecule has 2 aromatic rings. The lowest BCUT2D eigenvalue weighted by molar-refractivity contribution is 0.600. The van der Waals surface area contributed by atoms with Crippen LogP contribution in [0.4, 0.5) is 5.69 Å². The van der Waals surface area contributed by atoms with E-state index in [-0.39, 0.29) is 4.90 Å². The van der Waals surface area contributed by atoms with E-state index in [0.717, 1.165) is 12.3 Å². The Morgan fingerprint density at radius 2 is 2.06 bits per heavy atom. The number of nitrogens with zero attached hydrogens (tertiary/aromatic N) is 1. The summed E-state index contributed by atoms with van der Waals surface area (Å²) in [6, 6.07) is 1.16. The van der Waals surface area contributed by atoms with Gasteiger partial charge < -0.3 is 4.98 Å². The van der Waals surface area contributed by atoms with Crippen molar-refractivity contribution in [3.05, 3.63) is 40.1 Å². The highest BCUT2D eigenvalue weighted by atomic mass is 32.2. The van der Waals surface area contributed by atoms with Crippen LogP contribution in [0.1, 0.15) is 11.4 Å². The molecule has 0 aliphatic rings. The Balaban J connectivity index is 2.46. The number of hydrogen-bond acceptors (Lipinski definition) is 4. The van der Waals surface area contributed by atoms with Gasteiger partial charge in [0.05, 0.1) is 17.1 Å². The van der Waals surface area contributed by atoms with Crippen molar-refractivity contribution in [1.82, 2.24) is 15.2 Å². The van der Waals surface area contributed by atoms with Gasteiger partial charge in [0.2, 0.25) is 5.43 Å². The SMILES string of the molecule is Cc1n[nH]c(C)c1NS(=O)(=O)c1c[nH]ccc1=O. The lowest BCUT2D eigenvalue weighted by atomic mass is 10.3. The Hall–Kier alpha value is -2.09. The monoisotopic (exact) mass is 268 g/mol. The molecule has 3 N–H and O–H groups in total. The van der Waals surface area contributed by atoms with Crippen LogP contribution in [-0.2, 0) is 10.0 Å². The Kier molecular flexibility index (Phi) is 2.95. The van der Waals surface area contributed by atoms with E-state index < -0.39 is 15.5 Å². The molecular formula is C10H12N4O3S. The van der Waals surface area contributed by atoms with E-state index in [4.69, 9.17) is 0 Å². The van der Waals surface area contributed by atoms with Crippen molar-refractivity contribution in [2.24, 2.45) is 0 Å². The summed E-state index contributed by atoms with van der Waals surface area (Å²) >= 11 is 0. The predicted octanol–water partition coefficient (Wildman–Crippen LogP) is 0.516. The molecule has 0 aliphatic carbocycles. The van der Waals surface area contributed by atoms with Crippen LogP contribution in [0.3, 0.4) is 0 Å². The van der Waals surface area contributed by atoms with Gasteiger partial charge >= 0.3 is 0 Å². The second-order valence-corrected chi connectivity index (χ2v) is 5.44. The van der Waals surface area contributed by atoms with Crippen molar-refractivity contribution in [2.45, 2.75) is 18.7 Å². The highest BCUT2D eigenvalue weighted by Crippen LogP contribution is 2.19. The van der Waals surface area contributed by atoms with E-state index in [0.29, 0.717) is 17.1 Å². The van der Waals surface area contributed by atoms with Gasteiger partial charge in [-0.15, -0.1) is 0 Å². The van der Waals surface area contributed by atoms with E-state index in [2.05, 4.69) is 19.9 Å². The Morgan fingerprint density at radius 1 is 1.33 bits per heavy atom. The smallest absolute Gasteiger partial charge is 0.267 e. The zero-order valence-electron chi connectivity index (χ0n) is 9.81. The van der Waals surface area contributed by atoms with Gasteiger partial charge in [0.1, 0.15) is 0 Å². The van der Waals surface area contributed by atoms with Crippen molar-refractivity contribution in [2.75, 3.05) is 4.72 Å². The summed E-state index contributed by atoms with van der Waals surface area (Å²) in [4.78, 5) is 13.7. The largest absolute Gasteiger partial charge is 0.366 e. The minimum absolute atomic E-state index is 0.329. The standard InChI is InChI=1S/C10H12N4O3S/c1-6-10(7(2)13-12-6)14-18(16,17)9-5-11-4-3-8(9)15/h3-5,14H,1-2H3,(H,11,15)(H,12,13). The molecule has 18 heavy (non-hydrogen) atoms. The molecule has 2 rings (SSSR count). The van der Waals surface area contributed by atoms with Crippen LogP contribution in [0.25, 0.3) is 0 Å². The summed E-state index contributed by atoms with van der Waals surface area (Å²) in [5.74, 6) is 0. The Morgan fingerprint density at radius 3 is 2.61 bits per heavy atom. The van der Waals surface area contributed by atoms with E-state index in [9.17, 15) is 13.2 Å². The first kappa shape index (κ1) is 12.4. The third-order valence-electron chi connectivity index (χ3n) is 2.44. The van der Waals surface area contributed by atoms with Crippen molar-refractivity contribution < 1.29 is 8.42 Å². The normalized spacial score (nSPS) is 11.4. The van der Waals surface area contributed by atoms with E-state index in [1.807, 2.05) is 0 Å². The van der Waals surface area contributed by atoms with Gasteiger partial charge in [-0.2, -0.15) is 5.10 Å². The van der Waals surface area contributed by atoms with Gasteiger partial charge in [-0.25, -0.2) is 8.42 Å². The summed E-state index contributed by atoms with van der Waals surface area (Å²) in [6.45, 7) is 3.35. The molecule has 0 radical (unpaired) electrons. The van der Waals surface area contributed by atoms with E-state index in [1.54, 1.807) is 13.8 Å². The maximum absolute atomic E-state index is 12.1.